The summed E-state index contributed by atoms with van der Waals surface area (Å²) in [7, 11) is 1.61. The van der Waals surface area contributed by atoms with E-state index in [-0.39, 0.29) is 0 Å². The SMILES string of the molecule is COc1ccc(C#Cc2ccc(C)c(N)c2)c(N)c1. The summed E-state index contributed by atoms with van der Waals surface area (Å²) in [5.41, 5.74) is 15.8. The number of nitrogens with two attached hydrogens (primary N) is 2. The van der Waals surface area contributed by atoms with Crippen LogP contribution in [0.25, 0.3) is 0 Å². The van der Waals surface area contributed by atoms with Gasteiger partial charge in [-0.3, -0.25) is 0 Å². The van der Waals surface area contributed by atoms with Gasteiger partial charge in [0.2, 0.25) is 0 Å². The molecule has 0 bridgehead atoms. The van der Waals surface area contributed by atoms with Gasteiger partial charge in [0.25, 0.3) is 0 Å². The molecule has 96 valence electrons. The van der Waals surface area contributed by atoms with Gasteiger partial charge in [0.1, 0.15) is 5.75 Å². The molecule has 19 heavy (non-hydrogen) atoms. The van der Waals surface area contributed by atoms with Gasteiger partial charge in [-0.25, -0.2) is 0 Å². The second-order valence-corrected chi connectivity index (χ2v) is 4.27. The number of hydrogen-bond donors (Lipinski definition) is 2. The van der Waals surface area contributed by atoms with Crippen LogP contribution in [0.4, 0.5) is 11.4 Å². The van der Waals surface area contributed by atoms with Gasteiger partial charge in [0.05, 0.1) is 12.8 Å². The van der Waals surface area contributed by atoms with Crippen LogP contribution >= 0.6 is 0 Å². The van der Waals surface area contributed by atoms with Gasteiger partial charge in [-0.2, -0.15) is 0 Å². The number of benzene rings is 2. The third-order valence-corrected chi connectivity index (χ3v) is 2.88. The minimum atomic E-state index is 0.604. The van der Waals surface area contributed by atoms with Crippen LogP contribution in [0.5, 0.6) is 5.75 Å². The monoisotopic (exact) mass is 252 g/mol. The third kappa shape index (κ3) is 2.99. The lowest BCUT2D eigenvalue weighted by Gasteiger charge is -2.02. The highest BCUT2D eigenvalue weighted by Gasteiger charge is 1.98. The highest BCUT2D eigenvalue weighted by atomic mass is 16.5. The largest absolute Gasteiger partial charge is 0.497 e. The Hall–Kier alpha value is -2.60. The van der Waals surface area contributed by atoms with E-state index in [9.17, 15) is 0 Å². The van der Waals surface area contributed by atoms with Crippen LogP contribution in [0.3, 0.4) is 0 Å². The van der Waals surface area contributed by atoms with Crippen molar-refractivity contribution in [2.45, 2.75) is 6.92 Å². The van der Waals surface area contributed by atoms with Gasteiger partial charge in [0.15, 0.2) is 0 Å². The van der Waals surface area contributed by atoms with E-state index in [4.69, 9.17) is 16.2 Å². The first-order chi connectivity index (χ1) is 9.10. The zero-order valence-electron chi connectivity index (χ0n) is 11.0. The summed E-state index contributed by atoms with van der Waals surface area (Å²) in [5, 5.41) is 0. The Kier molecular flexibility index (Phi) is 3.63. The molecule has 0 radical (unpaired) electrons. The fourth-order valence-electron chi connectivity index (χ4n) is 1.64. The standard InChI is InChI=1S/C16H16N2O/c1-11-3-4-12(9-15(11)17)5-6-13-7-8-14(19-2)10-16(13)18/h3-4,7-10H,17-18H2,1-2H3. The molecule has 0 saturated carbocycles. The fraction of sp³-hybridized carbons (Fsp3) is 0.125. The molecule has 0 fully saturated rings. The average molecular weight is 252 g/mol. The summed E-state index contributed by atoms with van der Waals surface area (Å²) in [4.78, 5) is 0. The maximum atomic E-state index is 5.91. The smallest absolute Gasteiger partial charge is 0.121 e. The van der Waals surface area contributed by atoms with Gasteiger partial charge < -0.3 is 16.2 Å². The maximum Gasteiger partial charge on any atom is 0.121 e. The Balaban J connectivity index is 2.31. The molecule has 2 aromatic rings. The second-order valence-electron chi connectivity index (χ2n) is 4.27. The first kappa shape index (κ1) is 12.8. The summed E-state index contributed by atoms with van der Waals surface area (Å²) in [6, 6.07) is 11.2. The van der Waals surface area contributed by atoms with E-state index < -0.39 is 0 Å². The van der Waals surface area contributed by atoms with Crippen molar-refractivity contribution in [1.29, 1.82) is 0 Å². The van der Waals surface area contributed by atoms with Crippen molar-refractivity contribution in [3.8, 4) is 17.6 Å². The van der Waals surface area contributed by atoms with Crippen LogP contribution in [0.1, 0.15) is 16.7 Å². The van der Waals surface area contributed by atoms with Gasteiger partial charge >= 0.3 is 0 Å². The van der Waals surface area contributed by atoms with Crippen molar-refractivity contribution in [2.75, 3.05) is 18.6 Å². The normalized spacial score (nSPS) is 9.58. The van der Waals surface area contributed by atoms with Crippen LogP contribution < -0.4 is 16.2 Å². The lowest BCUT2D eigenvalue weighted by atomic mass is 10.1. The zero-order valence-corrected chi connectivity index (χ0v) is 11.0. The quantitative estimate of drug-likeness (QED) is 0.605. The number of hydrogen-bond acceptors (Lipinski definition) is 3. The Labute approximate surface area is 113 Å². The zero-order chi connectivity index (χ0) is 13.8. The summed E-state index contributed by atoms with van der Waals surface area (Å²) in [6.45, 7) is 1.97. The molecule has 2 aromatic carbocycles. The van der Waals surface area contributed by atoms with Gasteiger partial charge in [-0.05, 0) is 36.8 Å². The average Bonchev–Trinajstić information content (AvgIpc) is 2.41. The Morgan fingerprint density at radius 2 is 1.74 bits per heavy atom. The first-order valence-electron chi connectivity index (χ1n) is 5.92. The molecule has 3 nitrogen and oxygen atoms in total. The van der Waals surface area contributed by atoms with E-state index in [0.717, 1.165) is 28.1 Å². The molecule has 0 amide bonds. The van der Waals surface area contributed by atoms with Crippen LogP contribution in [0.15, 0.2) is 36.4 Å². The lowest BCUT2D eigenvalue weighted by molar-refractivity contribution is 0.415. The molecule has 0 saturated heterocycles. The van der Waals surface area contributed by atoms with E-state index in [0.29, 0.717) is 5.69 Å². The molecule has 4 N–H and O–H groups in total. The summed E-state index contributed by atoms with van der Waals surface area (Å²) in [5.74, 6) is 6.82. The molecule has 0 heterocycles. The van der Waals surface area contributed by atoms with E-state index in [1.807, 2.05) is 37.3 Å². The Morgan fingerprint density at radius 3 is 2.37 bits per heavy atom. The first-order valence-corrected chi connectivity index (χ1v) is 5.92. The lowest BCUT2D eigenvalue weighted by Crippen LogP contribution is -1.92. The number of ether oxygens (including phenoxy) is 1. The van der Waals surface area contributed by atoms with E-state index in [2.05, 4.69) is 11.8 Å². The number of rotatable bonds is 1. The van der Waals surface area contributed by atoms with Gasteiger partial charge in [0, 0.05) is 22.9 Å². The van der Waals surface area contributed by atoms with Gasteiger partial charge in [-0.15, -0.1) is 0 Å². The topological polar surface area (TPSA) is 61.3 Å². The molecular weight excluding hydrogens is 236 g/mol. The molecule has 0 aliphatic carbocycles. The number of aryl methyl sites for hydroxylation is 1. The van der Waals surface area contributed by atoms with Crippen LogP contribution in [0, 0.1) is 18.8 Å². The van der Waals surface area contributed by atoms with Crippen molar-refractivity contribution in [2.24, 2.45) is 0 Å². The van der Waals surface area contributed by atoms with E-state index >= 15 is 0 Å². The summed E-state index contributed by atoms with van der Waals surface area (Å²) >= 11 is 0. The molecule has 0 unspecified atom stereocenters. The molecule has 0 aromatic heterocycles. The van der Waals surface area contributed by atoms with Gasteiger partial charge in [-0.1, -0.05) is 17.9 Å². The van der Waals surface area contributed by atoms with E-state index in [1.165, 1.54) is 0 Å². The minimum Gasteiger partial charge on any atom is -0.497 e. The second kappa shape index (κ2) is 5.36. The van der Waals surface area contributed by atoms with Crippen molar-refractivity contribution in [3.05, 3.63) is 53.1 Å². The summed E-state index contributed by atoms with van der Waals surface area (Å²) < 4.78 is 5.10. The Morgan fingerprint density at radius 1 is 0.947 bits per heavy atom. The molecule has 0 atom stereocenters. The maximum absolute atomic E-state index is 5.91. The predicted octanol–water partition coefficient (Wildman–Crippen LogP) is 2.57. The summed E-state index contributed by atoms with van der Waals surface area (Å²) in [6.07, 6.45) is 0. The highest BCUT2D eigenvalue weighted by molar-refractivity contribution is 5.61. The minimum absolute atomic E-state index is 0.604. The highest BCUT2D eigenvalue weighted by Crippen LogP contribution is 2.19. The molecule has 0 aliphatic rings. The molecule has 2 rings (SSSR count). The van der Waals surface area contributed by atoms with E-state index in [1.54, 1.807) is 13.2 Å². The van der Waals surface area contributed by atoms with Crippen molar-refractivity contribution < 1.29 is 4.74 Å². The van der Waals surface area contributed by atoms with Crippen LogP contribution in [-0.2, 0) is 0 Å². The van der Waals surface area contributed by atoms with Crippen molar-refractivity contribution in [1.82, 2.24) is 0 Å². The fourth-order valence-corrected chi connectivity index (χ4v) is 1.64. The predicted molar refractivity (Wildman–Crippen MR) is 79.0 cm³/mol. The molecule has 0 spiro atoms. The Bertz CT molecular complexity index is 666. The molecule has 0 aliphatic heterocycles. The molecule has 3 heteroatoms. The van der Waals surface area contributed by atoms with Crippen molar-refractivity contribution >= 4 is 11.4 Å². The van der Waals surface area contributed by atoms with Crippen LogP contribution in [0.2, 0.25) is 0 Å². The van der Waals surface area contributed by atoms with Crippen molar-refractivity contribution in [3.63, 3.8) is 0 Å². The number of methoxy groups -OCH3 is 1. The molecular formula is C16H16N2O. The number of anilines is 2. The van der Waals surface area contributed by atoms with Crippen LogP contribution in [-0.4, -0.2) is 7.11 Å². The number of nitrogen functional groups attached to an aromatic ring is 2. The third-order valence-electron chi connectivity index (χ3n) is 2.88.